The second kappa shape index (κ2) is 7.44. The third kappa shape index (κ3) is 3.56. The maximum Gasteiger partial charge on any atom is 0.488 e. The molecule has 0 spiro atoms. The molecule has 0 saturated heterocycles. The van der Waals surface area contributed by atoms with Crippen LogP contribution in [0.25, 0.3) is 11.1 Å². The van der Waals surface area contributed by atoms with E-state index in [0.717, 1.165) is 35.1 Å². The van der Waals surface area contributed by atoms with Crippen LogP contribution >= 0.6 is 0 Å². The van der Waals surface area contributed by atoms with E-state index < -0.39 is 12.5 Å². The number of aryl methyl sites for hydroxylation is 1. The molecule has 3 aromatic carbocycles. The minimum atomic E-state index is -1.53. The molecule has 160 valence electrons. The monoisotopic (exact) mass is 419 g/mol. The number of amides is 1. The molecule has 0 atom stereocenters. The number of rotatable bonds is 5. The Balaban J connectivity index is 0.00000153. The third-order valence-corrected chi connectivity index (χ3v) is 6.10. The van der Waals surface area contributed by atoms with Crippen LogP contribution in [0.4, 0.5) is 5.69 Å². The van der Waals surface area contributed by atoms with E-state index >= 15 is 0 Å². The van der Waals surface area contributed by atoms with Crippen molar-refractivity contribution < 1.29 is 27.2 Å². The molecule has 1 saturated carbocycles. The fraction of sp³-hybridized carbons (Fsp3) is 0.208. The van der Waals surface area contributed by atoms with Crippen molar-refractivity contribution in [3.05, 3.63) is 71.8 Å². The molecule has 0 aromatic heterocycles. The van der Waals surface area contributed by atoms with E-state index in [1.807, 2.05) is 49.4 Å². The predicted molar refractivity (Wildman–Crippen MR) is 123 cm³/mol. The highest BCUT2D eigenvalue weighted by Crippen LogP contribution is 2.51. The second-order valence-corrected chi connectivity index (χ2v) is 8.13. The Hall–Kier alpha value is -3.29. The van der Waals surface area contributed by atoms with Gasteiger partial charge in [-0.3, -0.25) is 4.79 Å². The fourth-order valence-electron chi connectivity index (χ4n) is 4.09. The minimum absolute atomic E-state index is 0. The van der Waals surface area contributed by atoms with Crippen molar-refractivity contribution in [2.45, 2.75) is 25.2 Å². The van der Waals surface area contributed by atoms with E-state index in [1.54, 1.807) is 18.2 Å². The van der Waals surface area contributed by atoms with Gasteiger partial charge in [-0.15, -0.1) is 0 Å². The van der Waals surface area contributed by atoms with Gasteiger partial charge in [0, 0.05) is 8.54 Å². The first-order chi connectivity index (χ1) is 15.0. The molecule has 1 fully saturated rings. The zero-order chi connectivity index (χ0) is 21.6. The van der Waals surface area contributed by atoms with Crippen LogP contribution in [-0.4, -0.2) is 29.9 Å². The van der Waals surface area contributed by atoms with Crippen LogP contribution in [0.5, 0.6) is 11.5 Å². The number of hydrogen-bond donors (Lipinski definition) is 3. The number of carbonyl (C=O) groups is 1. The van der Waals surface area contributed by atoms with Gasteiger partial charge in [-0.2, -0.15) is 0 Å². The van der Waals surface area contributed by atoms with Gasteiger partial charge in [-0.25, -0.2) is 0 Å². The van der Waals surface area contributed by atoms with Crippen LogP contribution in [0.2, 0.25) is 0 Å². The van der Waals surface area contributed by atoms with Gasteiger partial charge in [0.15, 0.2) is 11.5 Å². The van der Waals surface area contributed by atoms with Gasteiger partial charge in [-0.05, 0) is 71.7 Å². The van der Waals surface area contributed by atoms with Crippen molar-refractivity contribution in [1.82, 2.24) is 0 Å². The van der Waals surface area contributed by atoms with E-state index in [-0.39, 0.29) is 15.6 Å². The average molecular weight is 419 g/mol. The van der Waals surface area contributed by atoms with Crippen LogP contribution in [0, 0.1) is 6.92 Å². The number of ether oxygens (including phenoxy) is 2. The quantitative estimate of drug-likeness (QED) is 0.553. The number of carbonyl (C=O) groups excluding carboxylic acids is 1. The van der Waals surface area contributed by atoms with Gasteiger partial charge in [0.25, 0.3) is 0 Å². The first-order valence-electron chi connectivity index (χ1n) is 10.2. The number of anilines is 1. The van der Waals surface area contributed by atoms with Crippen molar-refractivity contribution in [2.75, 3.05) is 12.1 Å². The maximum atomic E-state index is 13.2. The normalized spacial score (nSPS) is 15.5. The summed E-state index contributed by atoms with van der Waals surface area (Å²) in [4.78, 5) is 13.2. The molecule has 1 amide bonds. The molecule has 1 aliphatic carbocycles. The van der Waals surface area contributed by atoms with Crippen molar-refractivity contribution in [3.8, 4) is 22.6 Å². The first kappa shape index (κ1) is 19.7. The van der Waals surface area contributed by atoms with Crippen LogP contribution < -0.4 is 20.3 Å². The van der Waals surface area contributed by atoms with Crippen molar-refractivity contribution in [2.24, 2.45) is 0 Å². The average Bonchev–Trinajstić information content (AvgIpc) is 3.46. The lowest BCUT2D eigenvalue weighted by Gasteiger charge is -2.17. The highest BCUT2D eigenvalue weighted by Gasteiger charge is 2.51. The summed E-state index contributed by atoms with van der Waals surface area (Å²) in [5.74, 6) is 1.35. The zero-order valence-corrected chi connectivity index (χ0v) is 17.1. The van der Waals surface area contributed by atoms with Gasteiger partial charge in [0.1, 0.15) is 0 Å². The Morgan fingerprint density at radius 2 is 1.84 bits per heavy atom. The Bertz CT molecular complexity index is 1180. The zero-order valence-electron chi connectivity index (χ0n) is 17.1. The summed E-state index contributed by atoms with van der Waals surface area (Å²) >= 11 is 0. The van der Waals surface area contributed by atoms with Crippen LogP contribution in [0.1, 0.15) is 26.8 Å². The highest BCUT2D eigenvalue weighted by atomic mass is 16.7. The smallest absolute Gasteiger partial charge is 0.454 e. The van der Waals surface area contributed by atoms with Gasteiger partial charge >= 0.3 is 7.12 Å². The molecule has 3 N–H and O–H groups in total. The summed E-state index contributed by atoms with van der Waals surface area (Å²) in [5.41, 5.74) is 4.32. The Labute approximate surface area is 183 Å². The summed E-state index contributed by atoms with van der Waals surface area (Å²) in [7, 11) is -1.53. The van der Waals surface area contributed by atoms with E-state index in [4.69, 9.17) is 9.47 Å². The summed E-state index contributed by atoms with van der Waals surface area (Å²) in [6, 6.07) is 18.6. The second-order valence-electron chi connectivity index (χ2n) is 8.13. The van der Waals surface area contributed by atoms with E-state index in [9.17, 15) is 14.8 Å². The number of hydrogen-bond acceptors (Lipinski definition) is 5. The third-order valence-electron chi connectivity index (χ3n) is 6.10. The number of benzene rings is 3. The molecule has 31 heavy (non-hydrogen) atoms. The Morgan fingerprint density at radius 3 is 2.61 bits per heavy atom. The van der Waals surface area contributed by atoms with E-state index in [1.165, 1.54) is 0 Å². The van der Waals surface area contributed by atoms with Gasteiger partial charge in [-0.1, -0.05) is 36.4 Å². The standard InChI is InChI=1S/C24H22BNO5.2H2/c1-15-5-7-19(13-20(15)16-3-2-4-18(11-16)25(28)29)26-23(27)24(9-10-24)17-6-8-21-22(12-17)31-14-30-21;;/h2-8,11-13,28-29H,9-10,14H2,1H3,(H,26,27);2*1H. The largest absolute Gasteiger partial charge is 0.488 e. The summed E-state index contributed by atoms with van der Waals surface area (Å²) in [6.07, 6.45) is 1.57. The molecule has 1 heterocycles. The van der Waals surface area contributed by atoms with Crippen molar-refractivity contribution >= 4 is 24.2 Å². The Kier molecular flexibility index (Phi) is 4.72. The molecular weight excluding hydrogens is 393 g/mol. The predicted octanol–water partition coefficient (Wildman–Crippen LogP) is 3.23. The van der Waals surface area contributed by atoms with Gasteiger partial charge in [0.2, 0.25) is 12.7 Å². The molecule has 5 rings (SSSR count). The lowest BCUT2D eigenvalue weighted by atomic mass is 9.79. The molecule has 6 nitrogen and oxygen atoms in total. The van der Waals surface area contributed by atoms with Crippen LogP contribution in [-0.2, 0) is 10.2 Å². The molecule has 7 heteroatoms. The maximum absolute atomic E-state index is 13.2. The minimum Gasteiger partial charge on any atom is -0.454 e. The molecule has 2 aliphatic rings. The first-order valence-corrected chi connectivity index (χ1v) is 10.2. The summed E-state index contributed by atoms with van der Waals surface area (Å²) in [6.45, 7) is 2.19. The lowest BCUT2D eigenvalue weighted by molar-refractivity contribution is -0.118. The molecular formula is C24H26BNO5. The molecule has 0 bridgehead atoms. The number of nitrogens with one attached hydrogen (secondary N) is 1. The SMILES string of the molecule is Cc1ccc(NC(=O)C2(c3ccc4c(c3)OCO4)CC2)cc1-c1cccc(B(O)O)c1.[HH].[HH]. The van der Waals surface area contributed by atoms with Gasteiger partial charge in [0.05, 0.1) is 5.41 Å². The summed E-state index contributed by atoms with van der Waals surface area (Å²) < 4.78 is 10.9. The lowest BCUT2D eigenvalue weighted by Crippen LogP contribution is -2.29. The fourth-order valence-corrected chi connectivity index (χ4v) is 4.09. The Morgan fingerprint density at radius 1 is 1.03 bits per heavy atom. The van der Waals surface area contributed by atoms with Crippen LogP contribution in [0.3, 0.4) is 0 Å². The highest BCUT2D eigenvalue weighted by molar-refractivity contribution is 6.58. The molecule has 0 radical (unpaired) electrons. The molecule has 0 unspecified atom stereocenters. The summed E-state index contributed by atoms with van der Waals surface area (Å²) in [5, 5.41) is 22.0. The molecule has 3 aromatic rings. The van der Waals surface area contributed by atoms with E-state index in [2.05, 4.69) is 5.32 Å². The van der Waals surface area contributed by atoms with Crippen LogP contribution in [0.15, 0.2) is 60.7 Å². The van der Waals surface area contributed by atoms with Crippen molar-refractivity contribution in [3.63, 3.8) is 0 Å². The molecule has 1 aliphatic heterocycles. The van der Waals surface area contributed by atoms with Crippen molar-refractivity contribution in [1.29, 1.82) is 0 Å². The van der Waals surface area contributed by atoms with E-state index in [0.29, 0.717) is 22.6 Å². The topological polar surface area (TPSA) is 88.0 Å². The number of fused-ring (bicyclic) bond motifs is 1. The van der Waals surface area contributed by atoms with Gasteiger partial charge < -0.3 is 24.8 Å².